The Labute approximate surface area is 157 Å². The summed E-state index contributed by atoms with van der Waals surface area (Å²) in [5.74, 6) is -3.15. The fraction of sp³-hybridized carbons (Fsp3) is 0. The lowest BCUT2D eigenvalue weighted by atomic mass is 9.81. The Morgan fingerprint density at radius 3 is 2.21 bits per heavy atom. The number of phenolic OH excluding ortho intramolecular Hbond substituents is 2. The highest BCUT2D eigenvalue weighted by atomic mass is 16.6. The van der Waals surface area contributed by atoms with Gasteiger partial charge in [-0.1, -0.05) is 30.3 Å². The number of hydrogen-bond acceptors (Lipinski definition) is 7. The zero-order valence-electron chi connectivity index (χ0n) is 14.2. The Bertz CT molecular complexity index is 1170. The lowest BCUT2D eigenvalue weighted by Crippen LogP contribution is -2.23. The zero-order chi connectivity index (χ0) is 20.0. The van der Waals surface area contributed by atoms with Crippen LogP contribution in [0.3, 0.4) is 0 Å². The molecule has 0 aliphatic heterocycles. The van der Waals surface area contributed by atoms with Gasteiger partial charge >= 0.3 is 5.69 Å². The van der Waals surface area contributed by atoms with Crippen LogP contribution in [0.25, 0.3) is 0 Å². The van der Waals surface area contributed by atoms with Crippen molar-refractivity contribution in [3.63, 3.8) is 0 Å². The number of carbonyl (C=O) groups excluding carboxylic acids is 2. The maximum absolute atomic E-state index is 13.1. The summed E-state index contributed by atoms with van der Waals surface area (Å²) in [6, 6.07) is 14.1. The third-order valence-electron chi connectivity index (χ3n) is 4.48. The van der Waals surface area contributed by atoms with E-state index in [2.05, 4.69) is 5.32 Å². The molecule has 0 saturated carbocycles. The van der Waals surface area contributed by atoms with Gasteiger partial charge in [0.15, 0.2) is 5.75 Å². The van der Waals surface area contributed by atoms with Crippen LogP contribution in [0.5, 0.6) is 11.5 Å². The Kier molecular flexibility index (Phi) is 3.82. The van der Waals surface area contributed by atoms with Gasteiger partial charge in [-0.15, -0.1) is 0 Å². The van der Waals surface area contributed by atoms with Crippen LogP contribution in [-0.2, 0) is 0 Å². The molecule has 28 heavy (non-hydrogen) atoms. The number of phenols is 2. The monoisotopic (exact) mass is 376 g/mol. The lowest BCUT2D eigenvalue weighted by molar-refractivity contribution is -0.386. The number of hydrogen-bond donors (Lipinski definition) is 3. The lowest BCUT2D eigenvalue weighted by Gasteiger charge is -2.21. The van der Waals surface area contributed by atoms with Gasteiger partial charge in [0.1, 0.15) is 11.3 Å². The number of nitro groups is 1. The van der Waals surface area contributed by atoms with Crippen LogP contribution < -0.4 is 5.32 Å². The summed E-state index contributed by atoms with van der Waals surface area (Å²) in [5.41, 5.74) is -1.07. The molecule has 0 bridgehead atoms. The van der Waals surface area contributed by atoms with E-state index in [1.165, 1.54) is 12.1 Å². The minimum Gasteiger partial charge on any atom is -0.507 e. The average molecular weight is 376 g/mol. The largest absolute Gasteiger partial charge is 0.507 e. The Morgan fingerprint density at radius 1 is 0.821 bits per heavy atom. The maximum Gasteiger partial charge on any atom is 0.322 e. The number of rotatable bonds is 3. The van der Waals surface area contributed by atoms with Crippen molar-refractivity contribution in [1.29, 1.82) is 0 Å². The molecule has 4 rings (SSSR count). The summed E-state index contributed by atoms with van der Waals surface area (Å²) >= 11 is 0. The summed E-state index contributed by atoms with van der Waals surface area (Å²) in [6.07, 6.45) is 0. The van der Waals surface area contributed by atoms with E-state index in [0.717, 1.165) is 0 Å². The van der Waals surface area contributed by atoms with Gasteiger partial charge in [-0.2, -0.15) is 0 Å². The van der Waals surface area contributed by atoms with Crippen LogP contribution in [0.1, 0.15) is 31.8 Å². The highest BCUT2D eigenvalue weighted by Gasteiger charge is 2.41. The van der Waals surface area contributed by atoms with Gasteiger partial charge in [0.05, 0.1) is 21.7 Å². The Balaban J connectivity index is 1.96. The number of nitro benzene ring substituents is 1. The standard InChI is InChI=1S/C20H12N2O6/c23-13-9-14(24)18(22(27)28)17-16(13)20(26)15-11(19(17)25)7-4-8-12(15)21-10-5-2-1-3-6-10/h1-9,21,23-24H. The molecule has 0 aromatic heterocycles. The number of benzene rings is 3. The van der Waals surface area contributed by atoms with E-state index in [4.69, 9.17) is 0 Å². The second-order valence-corrected chi connectivity index (χ2v) is 6.15. The van der Waals surface area contributed by atoms with Crippen molar-refractivity contribution in [1.82, 2.24) is 0 Å². The first-order valence-electron chi connectivity index (χ1n) is 8.18. The number of carbonyl (C=O) groups is 2. The third kappa shape index (κ3) is 2.47. The number of aromatic hydroxyl groups is 2. The molecule has 0 amide bonds. The summed E-state index contributed by atoms with van der Waals surface area (Å²) in [5, 5.41) is 34.4. The van der Waals surface area contributed by atoms with Gasteiger partial charge in [0.25, 0.3) is 0 Å². The molecule has 8 heteroatoms. The molecule has 0 atom stereocenters. The minimum atomic E-state index is -0.949. The van der Waals surface area contributed by atoms with Crippen molar-refractivity contribution >= 4 is 28.6 Å². The quantitative estimate of drug-likeness (QED) is 0.368. The molecule has 3 aromatic carbocycles. The maximum atomic E-state index is 13.1. The van der Waals surface area contributed by atoms with Gasteiger partial charge in [0, 0.05) is 17.3 Å². The molecule has 0 spiro atoms. The first-order chi connectivity index (χ1) is 13.4. The Morgan fingerprint density at radius 2 is 1.54 bits per heavy atom. The van der Waals surface area contributed by atoms with Crippen LogP contribution in [0.15, 0.2) is 54.6 Å². The number of fused-ring (bicyclic) bond motifs is 2. The molecule has 0 radical (unpaired) electrons. The topological polar surface area (TPSA) is 130 Å². The molecule has 1 aliphatic carbocycles. The summed E-state index contributed by atoms with van der Waals surface area (Å²) in [6.45, 7) is 0. The van der Waals surface area contributed by atoms with Crippen LogP contribution in [-0.4, -0.2) is 26.7 Å². The second-order valence-electron chi connectivity index (χ2n) is 6.15. The minimum absolute atomic E-state index is 0.000796. The highest BCUT2D eigenvalue weighted by molar-refractivity contribution is 6.32. The third-order valence-corrected chi connectivity index (χ3v) is 4.48. The predicted molar refractivity (Wildman–Crippen MR) is 99.5 cm³/mol. The fourth-order valence-corrected chi connectivity index (χ4v) is 3.31. The molecule has 0 unspecified atom stereocenters. The molecule has 3 N–H and O–H groups in total. The van der Waals surface area contributed by atoms with Gasteiger partial charge in [0.2, 0.25) is 11.6 Å². The normalized spacial score (nSPS) is 12.3. The van der Waals surface area contributed by atoms with E-state index in [1.54, 1.807) is 30.3 Å². The van der Waals surface area contributed by atoms with E-state index in [9.17, 15) is 29.9 Å². The molecule has 0 fully saturated rings. The summed E-state index contributed by atoms with van der Waals surface area (Å²) < 4.78 is 0. The van der Waals surface area contributed by atoms with Crippen LogP contribution in [0.2, 0.25) is 0 Å². The predicted octanol–water partition coefficient (Wildman–Crippen LogP) is 3.53. The van der Waals surface area contributed by atoms with E-state index in [-0.39, 0.29) is 11.1 Å². The number of nitrogens with zero attached hydrogens (tertiary/aromatic N) is 1. The van der Waals surface area contributed by atoms with Gasteiger partial charge in [-0.3, -0.25) is 19.7 Å². The molecular formula is C20H12N2O6. The molecule has 0 saturated heterocycles. The van der Waals surface area contributed by atoms with E-state index in [1.807, 2.05) is 6.07 Å². The van der Waals surface area contributed by atoms with Crippen molar-refractivity contribution < 1.29 is 24.7 Å². The van der Waals surface area contributed by atoms with Gasteiger partial charge in [-0.05, 0) is 18.2 Å². The molecule has 1 aliphatic rings. The van der Waals surface area contributed by atoms with Crippen molar-refractivity contribution in [2.45, 2.75) is 0 Å². The molecule has 8 nitrogen and oxygen atoms in total. The van der Waals surface area contributed by atoms with Gasteiger partial charge in [-0.25, -0.2) is 0 Å². The zero-order valence-corrected chi connectivity index (χ0v) is 14.2. The highest BCUT2D eigenvalue weighted by Crippen LogP contribution is 2.44. The first-order valence-corrected chi connectivity index (χ1v) is 8.18. The molecular weight excluding hydrogens is 364 g/mol. The van der Waals surface area contributed by atoms with Crippen molar-refractivity contribution in [2.24, 2.45) is 0 Å². The van der Waals surface area contributed by atoms with E-state index >= 15 is 0 Å². The number of nitrogens with one attached hydrogen (secondary N) is 1. The van der Waals surface area contributed by atoms with E-state index < -0.39 is 44.8 Å². The summed E-state index contributed by atoms with van der Waals surface area (Å²) in [7, 11) is 0. The van der Waals surface area contributed by atoms with Gasteiger partial charge < -0.3 is 15.5 Å². The van der Waals surface area contributed by atoms with Crippen LogP contribution in [0.4, 0.5) is 17.1 Å². The SMILES string of the molecule is O=C1c2c(Nc3ccccc3)cccc2C(=O)c2c1c(O)cc(O)c2[N+](=O)[O-]. The van der Waals surface area contributed by atoms with Crippen molar-refractivity contribution in [3.8, 4) is 11.5 Å². The summed E-state index contributed by atoms with van der Waals surface area (Å²) in [4.78, 5) is 36.5. The van der Waals surface area contributed by atoms with Crippen LogP contribution in [0, 0.1) is 10.1 Å². The first kappa shape index (κ1) is 17.2. The van der Waals surface area contributed by atoms with Crippen molar-refractivity contribution in [3.05, 3.63) is 87.0 Å². The van der Waals surface area contributed by atoms with E-state index in [0.29, 0.717) is 17.4 Å². The fourth-order valence-electron chi connectivity index (χ4n) is 3.31. The Hall–Kier alpha value is -4.20. The average Bonchev–Trinajstić information content (AvgIpc) is 2.66. The number of anilines is 2. The van der Waals surface area contributed by atoms with Crippen LogP contribution >= 0.6 is 0 Å². The number of ketones is 2. The molecule has 3 aromatic rings. The molecule has 0 heterocycles. The number of para-hydroxylation sites is 1. The smallest absolute Gasteiger partial charge is 0.322 e. The second kappa shape index (κ2) is 6.20. The van der Waals surface area contributed by atoms with Crippen molar-refractivity contribution in [2.75, 3.05) is 5.32 Å². The molecule has 138 valence electrons.